The van der Waals surface area contributed by atoms with E-state index in [-0.39, 0.29) is 11.7 Å². The molecule has 0 aliphatic rings. The van der Waals surface area contributed by atoms with E-state index in [9.17, 15) is 9.59 Å². The molecule has 0 aliphatic heterocycles. The fourth-order valence-corrected chi connectivity index (χ4v) is 1.51. The second-order valence-corrected chi connectivity index (χ2v) is 3.70. The third kappa shape index (κ3) is 6.73. The topological polar surface area (TPSA) is 89.6 Å². The maximum Gasteiger partial charge on any atom is 0.320 e. The minimum absolute atomic E-state index is 0.250. The Morgan fingerprint density at radius 3 is 2.71 bits per heavy atom. The molecule has 14 heavy (non-hydrogen) atoms. The van der Waals surface area contributed by atoms with Crippen molar-refractivity contribution in [2.45, 2.75) is 19.4 Å². The highest BCUT2D eigenvalue weighted by atomic mass is 32.2. The number of carboxylic acids is 1. The van der Waals surface area contributed by atoms with Crippen LogP contribution in [0.3, 0.4) is 0 Å². The van der Waals surface area contributed by atoms with E-state index in [2.05, 4.69) is 4.74 Å². The van der Waals surface area contributed by atoms with Gasteiger partial charge in [-0.2, -0.15) is 11.8 Å². The number of carbonyl (C=O) groups excluding carboxylic acids is 1. The van der Waals surface area contributed by atoms with Gasteiger partial charge in [-0.05, 0) is 19.1 Å². The highest BCUT2D eigenvalue weighted by molar-refractivity contribution is 7.99. The average Bonchev–Trinajstić information content (AvgIpc) is 2.12. The Hall–Kier alpha value is -0.750. The van der Waals surface area contributed by atoms with E-state index in [1.807, 2.05) is 0 Å². The number of aliphatic carboxylic acids is 1. The van der Waals surface area contributed by atoms with Gasteiger partial charge in [0.1, 0.15) is 6.04 Å². The van der Waals surface area contributed by atoms with Crippen molar-refractivity contribution in [3.8, 4) is 0 Å². The molecule has 0 spiro atoms. The molecule has 0 aliphatic carbocycles. The van der Waals surface area contributed by atoms with Crippen molar-refractivity contribution in [1.29, 1.82) is 0 Å². The summed E-state index contributed by atoms with van der Waals surface area (Å²) in [4.78, 5) is 21.1. The average molecular weight is 221 g/mol. The van der Waals surface area contributed by atoms with Crippen molar-refractivity contribution < 1.29 is 19.4 Å². The third-order valence-corrected chi connectivity index (χ3v) is 2.38. The second kappa shape index (κ2) is 7.64. The number of carbonyl (C=O) groups is 2. The number of hydrogen-bond donors (Lipinski definition) is 2. The molecule has 0 rings (SSSR count). The van der Waals surface area contributed by atoms with Crippen LogP contribution in [0.15, 0.2) is 0 Å². The molecule has 1 unspecified atom stereocenters. The molecule has 0 saturated heterocycles. The Balaban J connectivity index is 3.37. The second-order valence-electron chi connectivity index (χ2n) is 2.59. The number of esters is 1. The molecule has 0 bridgehead atoms. The van der Waals surface area contributed by atoms with Crippen LogP contribution in [0.4, 0.5) is 0 Å². The van der Waals surface area contributed by atoms with E-state index in [4.69, 9.17) is 10.8 Å². The van der Waals surface area contributed by atoms with Gasteiger partial charge in [0, 0.05) is 0 Å². The van der Waals surface area contributed by atoms with Gasteiger partial charge >= 0.3 is 11.9 Å². The van der Waals surface area contributed by atoms with E-state index >= 15 is 0 Å². The zero-order valence-electron chi connectivity index (χ0n) is 8.06. The summed E-state index contributed by atoms with van der Waals surface area (Å²) in [6.07, 6.45) is 0.361. The van der Waals surface area contributed by atoms with E-state index in [0.717, 1.165) is 0 Å². The zero-order chi connectivity index (χ0) is 11.0. The Kier molecular flexibility index (Phi) is 7.23. The van der Waals surface area contributed by atoms with Gasteiger partial charge in [-0.15, -0.1) is 0 Å². The van der Waals surface area contributed by atoms with Gasteiger partial charge in [-0.1, -0.05) is 0 Å². The summed E-state index contributed by atoms with van der Waals surface area (Å²) in [6, 6.07) is -0.843. The third-order valence-electron chi connectivity index (χ3n) is 1.42. The Bertz CT molecular complexity index is 198. The maximum absolute atomic E-state index is 10.8. The van der Waals surface area contributed by atoms with Crippen LogP contribution >= 0.6 is 11.8 Å². The van der Waals surface area contributed by atoms with E-state index in [1.54, 1.807) is 6.92 Å². The lowest BCUT2D eigenvalue weighted by molar-refractivity contribution is -0.140. The van der Waals surface area contributed by atoms with Crippen molar-refractivity contribution in [3.63, 3.8) is 0 Å². The number of hydrogen-bond acceptors (Lipinski definition) is 5. The summed E-state index contributed by atoms with van der Waals surface area (Å²) in [5, 5.41) is 8.45. The van der Waals surface area contributed by atoms with Gasteiger partial charge in [-0.3, -0.25) is 9.59 Å². The van der Waals surface area contributed by atoms with Gasteiger partial charge < -0.3 is 15.6 Å². The van der Waals surface area contributed by atoms with Crippen molar-refractivity contribution in [3.05, 3.63) is 0 Å². The van der Waals surface area contributed by atoms with E-state index in [1.165, 1.54) is 11.8 Å². The standard InChI is InChI=1S/C8H15NO4S/c1-2-13-7(10)5-14-4-3-6(9)8(11)12/h6H,2-5,9H2,1H3,(H,11,12). The lowest BCUT2D eigenvalue weighted by Crippen LogP contribution is -2.30. The monoisotopic (exact) mass is 221 g/mol. The van der Waals surface area contributed by atoms with Crippen LogP contribution in [0.1, 0.15) is 13.3 Å². The fourth-order valence-electron chi connectivity index (χ4n) is 0.692. The van der Waals surface area contributed by atoms with Crippen LogP contribution in [0.2, 0.25) is 0 Å². The summed E-state index contributed by atoms with van der Waals surface area (Å²) in [5.41, 5.74) is 5.26. The lowest BCUT2D eigenvalue weighted by atomic mass is 10.2. The number of carboxylic acid groups (broad SMARTS) is 1. The first-order chi connectivity index (χ1) is 6.57. The van der Waals surface area contributed by atoms with Gasteiger partial charge in [0.15, 0.2) is 0 Å². The summed E-state index contributed by atoms with van der Waals surface area (Å²) in [7, 11) is 0. The molecule has 0 aromatic rings. The van der Waals surface area contributed by atoms with Crippen LogP contribution in [0.5, 0.6) is 0 Å². The fraction of sp³-hybridized carbons (Fsp3) is 0.750. The Labute approximate surface area is 87.0 Å². The lowest BCUT2D eigenvalue weighted by Gasteiger charge is -2.05. The molecule has 0 aromatic heterocycles. The highest BCUT2D eigenvalue weighted by Crippen LogP contribution is 2.04. The number of thioether (sulfide) groups is 1. The molecule has 1 atom stereocenters. The molecule has 3 N–H and O–H groups in total. The predicted octanol–water partition coefficient (Wildman–Crippen LogP) is 0.0847. The van der Waals surface area contributed by atoms with Gasteiger partial charge in [-0.25, -0.2) is 0 Å². The van der Waals surface area contributed by atoms with E-state index in [0.29, 0.717) is 18.8 Å². The van der Waals surface area contributed by atoms with Crippen LogP contribution in [0.25, 0.3) is 0 Å². The SMILES string of the molecule is CCOC(=O)CSCCC(N)C(=O)O. The quantitative estimate of drug-likeness (QED) is 0.467. The van der Waals surface area contributed by atoms with E-state index < -0.39 is 12.0 Å². The van der Waals surface area contributed by atoms with Crippen LogP contribution < -0.4 is 5.73 Å². The first kappa shape index (κ1) is 13.2. The van der Waals surface area contributed by atoms with Crippen LogP contribution in [-0.4, -0.2) is 41.2 Å². The van der Waals surface area contributed by atoms with Gasteiger partial charge in [0.2, 0.25) is 0 Å². The first-order valence-corrected chi connectivity index (χ1v) is 5.45. The van der Waals surface area contributed by atoms with Crippen LogP contribution in [0, 0.1) is 0 Å². The highest BCUT2D eigenvalue weighted by Gasteiger charge is 2.11. The number of ether oxygens (including phenoxy) is 1. The predicted molar refractivity (Wildman–Crippen MR) is 54.2 cm³/mol. The smallest absolute Gasteiger partial charge is 0.320 e. The first-order valence-electron chi connectivity index (χ1n) is 4.29. The Morgan fingerprint density at radius 1 is 1.57 bits per heavy atom. The molecule has 0 radical (unpaired) electrons. The molecular formula is C8H15NO4S. The maximum atomic E-state index is 10.8. The molecule has 82 valence electrons. The Morgan fingerprint density at radius 2 is 2.21 bits per heavy atom. The van der Waals surface area contributed by atoms with Gasteiger partial charge in [0.25, 0.3) is 0 Å². The molecule has 6 heteroatoms. The minimum atomic E-state index is -1.01. The largest absolute Gasteiger partial charge is 0.480 e. The van der Waals surface area contributed by atoms with Crippen molar-refractivity contribution >= 4 is 23.7 Å². The normalized spacial score (nSPS) is 12.1. The number of nitrogens with two attached hydrogens (primary N) is 1. The molecule has 0 aromatic carbocycles. The zero-order valence-corrected chi connectivity index (χ0v) is 8.88. The van der Waals surface area contributed by atoms with Crippen molar-refractivity contribution in [1.82, 2.24) is 0 Å². The van der Waals surface area contributed by atoms with Crippen molar-refractivity contribution in [2.75, 3.05) is 18.1 Å². The molecule has 0 saturated carbocycles. The minimum Gasteiger partial charge on any atom is -0.480 e. The summed E-state index contributed by atoms with van der Waals surface area (Å²) < 4.78 is 4.69. The number of rotatable bonds is 7. The van der Waals surface area contributed by atoms with Crippen LogP contribution in [-0.2, 0) is 14.3 Å². The molecular weight excluding hydrogens is 206 g/mol. The molecule has 5 nitrogen and oxygen atoms in total. The molecule has 0 heterocycles. The van der Waals surface area contributed by atoms with Crippen molar-refractivity contribution in [2.24, 2.45) is 5.73 Å². The van der Waals surface area contributed by atoms with Gasteiger partial charge in [0.05, 0.1) is 12.4 Å². The molecule has 0 amide bonds. The molecule has 0 fully saturated rings. The summed E-state index contributed by atoms with van der Waals surface area (Å²) in [5.74, 6) is -0.491. The summed E-state index contributed by atoms with van der Waals surface area (Å²) in [6.45, 7) is 2.11. The summed E-state index contributed by atoms with van der Waals surface area (Å²) >= 11 is 1.33.